The van der Waals surface area contributed by atoms with Crippen molar-refractivity contribution < 1.29 is 18.7 Å². The number of hydrogen-bond donors (Lipinski definition) is 2. The highest BCUT2D eigenvalue weighted by atomic mass is 127. The predicted octanol–water partition coefficient (Wildman–Crippen LogP) is 5.49. The van der Waals surface area contributed by atoms with Crippen molar-refractivity contribution in [1.29, 1.82) is 0 Å². The minimum absolute atomic E-state index is 0.0693. The summed E-state index contributed by atoms with van der Waals surface area (Å²) in [5.41, 5.74) is 14.6. The van der Waals surface area contributed by atoms with Crippen molar-refractivity contribution in [2.24, 2.45) is 5.73 Å². The lowest BCUT2D eigenvalue weighted by molar-refractivity contribution is -0.118. The van der Waals surface area contributed by atoms with Crippen LogP contribution >= 0.6 is 45.2 Å². The zero-order chi connectivity index (χ0) is 24.2. The Morgan fingerprint density at radius 3 is 2.32 bits per heavy atom. The molecule has 8 heteroatoms. The van der Waals surface area contributed by atoms with Crippen LogP contribution in [0.3, 0.4) is 0 Å². The number of hydrogen-bond acceptors (Lipinski definition) is 5. The number of amides is 1. The monoisotopic (exact) mass is 680 g/mol. The van der Waals surface area contributed by atoms with Crippen LogP contribution in [0.15, 0.2) is 65.1 Å². The molecule has 34 heavy (non-hydrogen) atoms. The van der Waals surface area contributed by atoms with Gasteiger partial charge in [0.25, 0.3) is 0 Å². The molecular weight excluding hydrogens is 658 g/mol. The number of carbonyl (C=O) groups is 2. The highest BCUT2D eigenvalue weighted by molar-refractivity contribution is 14.1. The molecule has 0 bridgehead atoms. The molecule has 1 aromatic heterocycles. The first-order chi connectivity index (χ1) is 16.3. The van der Waals surface area contributed by atoms with E-state index in [4.69, 9.17) is 20.6 Å². The quantitative estimate of drug-likeness (QED) is 0.138. The summed E-state index contributed by atoms with van der Waals surface area (Å²) < 4.78 is 13.9. The summed E-state index contributed by atoms with van der Waals surface area (Å²) in [6, 6.07) is 19.1. The van der Waals surface area contributed by atoms with Crippen LogP contribution in [-0.2, 0) is 17.6 Å². The number of primary amides is 1. The van der Waals surface area contributed by atoms with Gasteiger partial charge in [-0.2, -0.15) is 0 Å². The predicted molar refractivity (Wildman–Crippen MR) is 149 cm³/mol. The van der Waals surface area contributed by atoms with Gasteiger partial charge in [-0.05, 0) is 75.0 Å². The van der Waals surface area contributed by atoms with E-state index in [9.17, 15) is 9.59 Å². The molecule has 0 fully saturated rings. The highest BCUT2D eigenvalue weighted by Gasteiger charge is 2.24. The van der Waals surface area contributed by atoms with Crippen LogP contribution in [0.1, 0.15) is 33.7 Å². The maximum atomic E-state index is 13.6. The third kappa shape index (κ3) is 5.72. The first-order valence-electron chi connectivity index (χ1n) is 10.6. The summed E-state index contributed by atoms with van der Waals surface area (Å²) in [5, 5.41) is 0.589. The number of ether oxygens (including phenoxy) is 1. The number of anilines is 1. The van der Waals surface area contributed by atoms with E-state index in [1.807, 2.05) is 48.5 Å². The molecule has 4 N–H and O–H groups in total. The van der Waals surface area contributed by atoms with E-state index in [0.29, 0.717) is 45.9 Å². The van der Waals surface area contributed by atoms with Crippen molar-refractivity contribution >= 4 is 73.5 Å². The third-order valence-electron chi connectivity index (χ3n) is 5.33. The molecule has 1 heterocycles. The molecule has 3 aromatic carbocycles. The minimum atomic E-state index is -0.466. The minimum Gasteiger partial charge on any atom is -0.491 e. The molecule has 0 spiro atoms. The van der Waals surface area contributed by atoms with Crippen LogP contribution in [0.2, 0.25) is 0 Å². The number of fused-ring (bicyclic) bond motifs is 1. The molecule has 6 nitrogen and oxygen atoms in total. The van der Waals surface area contributed by atoms with E-state index >= 15 is 0 Å². The van der Waals surface area contributed by atoms with E-state index in [-0.39, 0.29) is 18.6 Å². The van der Waals surface area contributed by atoms with Gasteiger partial charge >= 0.3 is 0 Å². The van der Waals surface area contributed by atoms with Crippen molar-refractivity contribution in [3.8, 4) is 5.75 Å². The van der Waals surface area contributed by atoms with Crippen LogP contribution in [0.25, 0.3) is 11.0 Å². The second-order valence-corrected chi connectivity index (χ2v) is 10.3. The number of furan rings is 1. The first kappa shape index (κ1) is 24.5. The topological polar surface area (TPSA) is 109 Å². The van der Waals surface area contributed by atoms with Gasteiger partial charge < -0.3 is 20.6 Å². The fourth-order valence-electron chi connectivity index (χ4n) is 3.73. The molecule has 0 unspecified atom stereocenters. The average molecular weight is 680 g/mol. The Kier molecular flexibility index (Phi) is 7.77. The maximum Gasteiger partial charge on any atom is 0.217 e. The van der Waals surface area contributed by atoms with Gasteiger partial charge in [0.2, 0.25) is 5.91 Å². The van der Waals surface area contributed by atoms with Gasteiger partial charge in [-0.3, -0.25) is 9.59 Å². The van der Waals surface area contributed by atoms with E-state index in [0.717, 1.165) is 19.1 Å². The fraction of sp³-hybridized carbons (Fsp3) is 0.154. The van der Waals surface area contributed by atoms with Crippen molar-refractivity contribution in [3.05, 3.63) is 90.3 Å². The molecular formula is C26H22I2N2O4. The van der Waals surface area contributed by atoms with Crippen LogP contribution in [-0.4, -0.2) is 18.3 Å². The standard InChI is InChI=1S/C26H22I2N2O4/c27-17-10-16(11-18(28)12-17)26(32)25-19-13-20(29)23(33-9-8-15-4-2-1-3-5-15)14-22(19)34-21(25)6-7-24(30)31/h1-5,10-14H,6-9,29H2,(H2,30,31). The molecule has 0 aliphatic heterocycles. The number of carbonyl (C=O) groups excluding carboxylic acids is 2. The van der Waals surface area contributed by atoms with Crippen LogP contribution in [0.5, 0.6) is 5.75 Å². The molecule has 0 radical (unpaired) electrons. The number of nitrogens with two attached hydrogens (primary N) is 2. The molecule has 0 aliphatic carbocycles. The van der Waals surface area contributed by atoms with Gasteiger partial charge in [0.05, 0.1) is 17.9 Å². The van der Waals surface area contributed by atoms with Gasteiger partial charge in [0, 0.05) is 43.4 Å². The van der Waals surface area contributed by atoms with Crippen molar-refractivity contribution in [2.75, 3.05) is 12.3 Å². The molecule has 0 aliphatic rings. The number of halogens is 2. The highest BCUT2D eigenvalue weighted by Crippen LogP contribution is 2.36. The first-order valence-corrected chi connectivity index (χ1v) is 12.8. The summed E-state index contributed by atoms with van der Waals surface area (Å²) >= 11 is 4.37. The lowest BCUT2D eigenvalue weighted by Crippen LogP contribution is -2.12. The zero-order valence-electron chi connectivity index (χ0n) is 18.1. The maximum absolute atomic E-state index is 13.6. The zero-order valence-corrected chi connectivity index (χ0v) is 22.5. The molecule has 0 saturated heterocycles. The smallest absolute Gasteiger partial charge is 0.217 e. The lowest BCUT2D eigenvalue weighted by Gasteiger charge is -2.09. The molecule has 1 amide bonds. The second-order valence-electron chi connectivity index (χ2n) is 7.82. The van der Waals surface area contributed by atoms with E-state index in [2.05, 4.69) is 45.2 Å². The van der Waals surface area contributed by atoms with Crippen LogP contribution in [0.4, 0.5) is 5.69 Å². The van der Waals surface area contributed by atoms with E-state index in [1.165, 1.54) is 0 Å². The number of nitrogen functional groups attached to an aromatic ring is 1. The van der Waals surface area contributed by atoms with Gasteiger partial charge in [0.1, 0.15) is 17.1 Å². The molecule has 4 aromatic rings. The van der Waals surface area contributed by atoms with Crippen LogP contribution < -0.4 is 16.2 Å². The fourth-order valence-corrected chi connectivity index (χ4v) is 5.67. The number of rotatable bonds is 9. The molecule has 0 saturated carbocycles. The van der Waals surface area contributed by atoms with Crippen molar-refractivity contribution in [3.63, 3.8) is 0 Å². The summed E-state index contributed by atoms with van der Waals surface area (Å²) in [6.45, 7) is 0.446. The van der Waals surface area contributed by atoms with Gasteiger partial charge in [-0.15, -0.1) is 0 Å². The lowest BCUT2D eigenvalue weighted by atomic mass is 9.98. The van der Waals surface area contributed by atoms with Crippen LogP contribution in [0, 0.1) is 7.14 Å². The van der Waals surface area contributed by atoms with Crippen molar-refractivity contribution in [2.45, 2.75) is 19.3 Å². The molecule has 0 atom stereocenters. The Morgan fingerprint density at radius 2 is 1.65 bits per heavy atom. The Labute approximate surface area is 224 Å². The number of aryl methyl sites for hydroxylation is 1. The Hall–Kier alpha value is -2.60. The molecule has 174 valence electrons. The SMILES string of the molecule is NC(=O)CCc1oc2cc(OCCc3ccccc3)c(N)cc2c1C(=O)c1cc(I)cc(I)c1. The summed E-state index contributed by atoms with van der Waals surface area (Å²) in [5.74, 6) is 0.244. The normalized spacial score (nSPS) is 11.0. The van der Waals surface area contributed by atoms with E-state index in [1.54, 1.807) is 12.1 Å². The summed E-state index contributed by atoms with van der Waals surface area (Å²) in [7, 11) is 0. The third-order valence-corrected chi connectivity index (χ3v) is 6.58. The summed E-state index contributed by atoms with van der Waals surface area (Å²) in [4.78, 5) is 25.0. The van der Waals surface area contributed by atoms with E-state index < -0.39 is 5.91 Å². The average Bonchev–Trinajstić information content (AvgIpc) is 3.14. The van der Waals surface area contributed by atoms with Crippen molar-refractivity contribution in [1.82, 2.24) is 0 Å². The van der Waals surface area contributed by atoms with Gasteiger partial charge in [-0.25, -0.2) is 0 Å². The second kappa shape index (κ2) is 10.8. The number of benzene rings is 3. The number of ketones is 1. The summed E-state index contributed by atoms with van der Waals surface area (Å²) in [6.07, 6.45) is 1.02. The Balaban J connectivity index is 1.69. The van der Waals surface area contributed by atoms with Gasteiger partial charge in [0.15, 0.2) is 5.78 Å². The Morgan fingerprint density at radius 1 is 0.941 bits per heavy atom. The largest absolute Gasteiger partial charge is 0.491 e. The molecule has 4 rings (SSSR count). The Bertz CT molecular complexity index is 1350. The van der Waals surface area contributed by atoms with Gasteiger partial charge in [-0.1, -0.05) is 30.3 Å².